The minimum atomic E-state index is 0.00794. The van der Waals surface area contributed by atoms with Crippen LogP contribution in [-0.2, 0) is 4.79 Å². The maximum absolute atomic E-state index is 12.0. The van der Waals surface area contributed by atoms with E-state index in [-0.39, 0.29) is 5.91 Å². The Hall–Kier alpha value is -2.53. The van der Waals surface area contributed by atoms with Crippen molar-refractivity contribution in [2.24, 2.45) is 0 Å². The van der Waals surface area contributed by atoms with Gasteiger partial charge in [-0.15, -0.1) is 0 Å². The number of methoxy groups -OCH3 is 1. The van der Waals surface area contributed by atoms with Crippen LogP contribution in [0.4, 0.5) is 5.69 Å². The van der Waals surface area contributed by atoms with Crippen LogP contribution in [0, 0.1) is 13.8 Å². The number of carbonyl (C=O) groups is 1. The summed E-state index contributed by atoms with van der Waals surface area (Å²) in [7, 11) is 1.63. The van der Waals surface area contributed by atoms with Crippen LogP contribution < -0.4 is 20.1 Å². The Morgan fingerprint density at radius 3 is 2.24 bits per heavy atom. The minimum Gasteiger partial charge on any atom is -0.497 e. The molecule has 2 aromatic rings. The van der Waals surface area contributed by atoms with E-state index >= 15 is 0 Å². The van der Waals surface area contributed by atoms with Crippen LogP contribution in [0.1, 0.15) is 17.5 Å². The van der Waals surface area contributed by atoms with Crippen LogP contribution in [-0.4, -0.2) is 32.7 Å². The molecule has 0 unspecified atom stereocenters. The highest BCUT2D eigenvalue weighted by Crippen LogP contribution is 2.16. The number of ether oxygens (including phenoxy) is 2. The average Bonchev–Trinajstić information content (AvgIpc) is 2.57. The zero-order valence-electron chi connectivity index (χ0n) is 15.1. The number of rotatable bonds is 9. The molecule has 0 spiro atoms. The van der Waals surface area contributed by atoms with Gasteiger partial charge in [-0.25, -0.2) is 0 Å². The van der Waals surface area contributed by atoms with Crippen LogP contribution in [0.5, 0.6) is 11.5 Å². The second-order valence-corrected chi connectivity index (χ2v) is 5.95. The quantitative estimate of drug-likeness (QED) is 0.687. The highest BCUT2D eigenvalue weighted by Gasteiger charge is 2.03. The lowest BCUT2D eigenvalue weighted by molar-refractivity contribution is -0.116. The van der Waals surface area contributed by atoms with Gasteiger partial charge in [0.1, 0.15) is 18.1 Å². The normalized spacial score (nSPS) is 10.4. The molecule has 25 heavy (non-hydrogen) atoms. The number of nitrogens with one attached hydrogen (secondary N) is 2. The number of benzene rings is 2. The Balaban J connectivity index is 1.59. The molecule has 5 heteroatoms. The second-order valence-electron chi connectivity index (χ2n) is 5.95. The minimum absolute atomic E-state index is 0.00794. The number of hydrogen-bond donors (Lipinski definition) is 2. The van der Waals surface area contributed by atoms with Gasteiger partial charge in [0.2, 0.25) is 5.91 Å². The first-order valence-electron chi connectivity index (χ1n) is 8.42. The van der Waals surface area contributed by atoms with Crippen LogP contribution >= 0.6 is 0 Å². The third-order valence-electron chi connectivity index (χ3n) is 3.64. The summed E-state index contributed by atoms with van der Waals surface area (Å²) in [6.45, 7) is 5.89. The van der Waals surface area contributed by atoms with E-state index in [1.54, 1.807) is 7.11 Å². The molecular formula is C20H26N2O3. The Kier molecular flexibility index (Phi) is 7.29. The number of amides is 1. The average molecular weight is 342 g/mol. The van der Waals surface area contributed by atoms with Crippen molar-refractivity contribution in [2.45, 2.75) is 20.3 Å². The van der Waals surface area contributed by atoms with Gasteiger partial charge in [0.15, 0.2) is 0 Å². The molecule has 0 radical (unpaired) electrons. The molecule has 2 N–H and O–H groups in total. The number of anilines is 1. The highest BCUT2D eigenvalue weighted by molar-refractivity contribution is 5.91. The van der Waals surface area contributed by atoms with Gasteiger partial charge in [-0.05, 0) is 61.4 Å². The van der Waals surface area contributed by atoms with Gasteiger partial charge in [-0.1, -0.05) is 6.07 Å². The maximum atomic E-state index is 12.0. The molecule has 0 atom stereocenters. The fourth-order valence-corrected chi connectivity index (χ4v) is 2.51. The van der Waals surface area contributed by atoms with Crippen molar-refractivity contribution in [3.05, 3.63) is 53.6 Å². The molecule has 5 nitrogen and oxygen atoms in total. The predicted octanol–water partition coefficient (Wildman–Crippen LogP) is 3.31. The molecule has 0 aliphatic heterocycles. The van der Waals surface area contributed by atoms with Crippen LogP contribution in [0.2, 0.25) is 0 Å². The van der Waals surface area contributed by atoms with E-state index in [0.29, 0.717) is 26.1 Å². The molecule has 0 heterocycles. The van der Waals surface area contributed by atoms with Gasteiger partial charge in [0, 0.05) is 25.2 Å². The Bertz CT molecular complexity index is 664. The summed E-state index contributed by atoms with van der Waals surface area (Å²) in [6.07, 6.45) is 0.426. The Labute approximate surface area is 149 Å². The summed E-state index contributed by atoms with van der Waals surface area (Å²) >= 11 is 0. The lowest BCUT2D eigenvalue weighted by atomic mass is 10.1. The third-order valence-corrected chi connectivity index (χ3v) is 3.64. The Morgan fingerprint density at radius 1 is 0.960 bits per heavy atom. The van der Waals surface area contributed by atoms with Gasteiger partial charge in [-0.3, -0.25) is 4.79 Å². The van der Waals surface area contributed by atoms with E-state index in [0.717, 1.165) is 28.3 Å². The van der Waals surface area contributed by atoms with E-state index in [9.17, 15) is 4.79 Å². The number of carbonyl (C=O) groups excluding carboxylic acids is 1. The molecular weight excluding hydrogens is 316 g/mol. The standard InChI is InChI=1S/C20H26N2O3/c1-15-12-16(2)14-17(13-15)22-20(23)8-9-21-10-11-25-19-6-4-18(24-3)5-7-19/h4-7,12-14,21H,8-11H2,1-3H3,(H,22,23). The zero-order valence-corrected chi connectivity index (χ0v) is 15.1. The topological polar surface area (TPSA) is 59.6 Å². The van der Waals surface area contributed by atoms with Crippen molar-refractivity contribution in [1.82, 2.24) is 5.32 Å². The van der Waals surface area contributed by atoms with Crippen molar-refractivity contribution in [1.29, 1.82) is 0 Å². The SMILES string of the molecule is COc1ccc(OCCNCCC(=O)Nc2cc(C)cc(C)c2)cc1. The van der Waals surface area contributed by atoms with E-state index in [1.807, 2.05) is 50.2 Å². The molecule has 0 aliphatic rings. The molecule has 0 aromatic heterocycles. The molecule has 0 fully saturated rings. The Morgan fingerprint density at radius 2 is 1.60 bits per heavy atom. The highest BCUT2D eigenvalue weighted by atomic mass is 16.5. The lowest BCUT2D eigenvalue weighted by Crippen LogP contribution is -2.25. The molecule has 0 aliphatic carbocycles. The summed E-state index contributed by atoms with van der Waals surface area (Å²) in [4.78, 5) is 12.0. The van der Waals surface area contributed by atoms with E-state index in [2.05, 4.69) is 16.7 Å². The monoisotopic (exact) mass is 342 g/mol. The van der Waals surface area contributed by atoms with Crippen LogP contribution in [0.25, 0.3) is 0 Å². The van der Waals surface area contributed by atoms with Gasteiger partial charge in [-0.2, -0.15) is 0 Å². The molecule has 0 bridgehead atoms. The number of aryl methyl sites for hydroxylation is 2. The van der Waals surface area contributed by atoms with Crippen molar-refractivity contribution in [3.63, 3.8) is 0 Å². The number of hydrogen-bond acceptors (Lipinski definition) is 4. The van der Waals surface area contributed by atoms with E-state index < -0.39 is 0 Å². The van der Waals surface area contributed by atoms with Crippen molar-refractivity contribution < 1.29 is 14.3 Å². The van der Waals surface area contributed by atoms with Gasteiger partial charge in [0.05, 0.1) is 7.11 Å². The summed E-state index contributed by atoms with van der Waals surface area (Å²) in [5.74, 6) is 1.61. The summed E-state index contributed by atoms with van der Waals surface area (Å²) < 4.78 is 10.7. The van der Waals surface area contributed by atoms with Crippen LogP contribution in [0.15, 0.2) is 42.5 Å². The van der Waals surface area contributed by atoms with Crippen molar-refractivity contribution in [2.75, 3.05) is 32.1 Å². The summed E-state index contributed by atoms with van der Waals surface area (Å²) in [5, 5.41) is 6.14. The first-order valence-corrected chi connectivity index (χ1v) is 8.42. The molecule has 134 valence electrons. The molecule has 2 rings (SSSR count). The van der Waals surface area contributed by atoms with E-state index in [1.165, 1.54) is 0 Å². The fourth-order valence-electron chi connectivity index (χ4n) is 2.51. The van der Waals surface area contributed by atoms with Crippen molar-refractivity contribution >= 4 is 11.6 Å². The first-order chi connectivity index (χ1) is 12.1. The van der Waals surface area contributed by atoms with Crippen molar-refractivity contribution in [3.8, 4) is 11.5 Å². The van der Waals surface area contributed by atoms with Gasteiger partial charge >= 0.3 is 0 Å². The second kappa shape index (κ2) is 9.69. The molecule has 1 amide bonds. The first kappa shape index (κ1) is 18.8. The van der Waals surface area contributed by atoms with Gasteiger partial charge in [0.25, 0.3) is 0 Å². The van der Waals surface area contributed by atoms with Gasteiger partial charge < -0.3 is 20.1 Å². The zero-order chi connectivity index (χ0) is 18.1. The van der Waals surface area contributed by atoms with Crippen LogP contribution in [0.3, 0.4) is 0 Å². The molecule has 2 aromatic carbocycles. The predicted molar refractivity (Wildman–Crippen MR) is 101 cm³/mol. The maximum Gasteiger partial charge on any atom is 0.225 e. The molecule has 0 saturated heterocycles. The lowest BCUT2D eigenvalue weighted by Gasteiger charge is -2.09. The smallest absolute Gasteiger partial charge is 0.225 e. The summed E-state index contributed by atoms with van der Waals surface area (Å²) in [6, 6.07) is 13.5. The summed E-state index contributed by atoms with van der Waals surface area (Å²) in [5.41, 5.74) is 3.14. The largest absolute Gasteiger partial charge is 0.497 e. The third kappa shape index (κ3) is 6.85. The fraction of sp³-hybridized carbons (Fsp3) is 0.350. The van der Waals surface area contributed by atoms with E-state index in [4.69, 9.17) is 9.47 Å². The molecule has 0 saturated carbocycles.